The maximum Gasteiger partial charge on any atom is 0.217 e. The number of carbonyl (C=O) groups is 1. The minimum atomic E-state index is -1.55. The monoisotopic (exact) mass is 454 g/mol. The number of nitrogens with zero attached hydrogens (tertiary/aromatic N) is 2. The SMILES string of the molecule is COc1cc(OC)c2c(c1Cl)O[C@]1(C2=O)C(O)c2c(nn(C)c2-c2ccccc2)C[C@H]1C. The van der Waals surface area contributed by atoms with Gasteiger partial charge in [-0.2, -0.15) is 5.10 Å². The molecule has 8 heteroatoms. The molecule has 3 atom stereocenters. The molecule has 2 heterocycles. The van der Waals surface area contributed by atoms with E-state index in [1.54, 1.807) is 10.7 Å². The molecule has 7 nitrogen and oxygen atoms in total. The Hall–Kier alpha value is -3.03. The maximum atomic E-state index is 13.9. The van der Waals surface area contributed by atoms with Crippen molar-refractivity contribution in [2.24, 2.45) is 13.0 Å². The van der Waals surface area contributed by atoms with E-state index in [2.05, 4.69) is 5.10 Å². The summed E-state index contributed by atoms with van der Waals surface area (Å²) in [6.45, 7) is 1.88. The van der Waals surface area contributed by atoms with E-state index in [0.717, 1.165) is 17.0 Å². The second-order valence-electron chi connectivity index (χ2n) is 8.23. The summed E-state index contributed by atoms with van der Waals surface area (Å²) in [5.74, 6) is 0.0740. The second kappa shape index (κ2) is 7.25. The summed E-state index contributed by atoms with van der Waals surface area (Å²) in [6, 6.07) is 11.2. The van der Waals surface area contributed by atoms with Crippen molar-refractivity contribution in [1.29, 1.82) is 0 Å². The number of hydrogen-bond acceptors (Lipinski definition) is 6. The molecule has 2 aliphatic rings. The minimum Gasteiger partial charge on any atom is -0.496 e. The zero-order chi connectivity index (χ0) is 22.8. The van der Waals surface area contributed by atoms with E-state index in [0.29, 0.717) is 23.5 Å². The highest BCUT2D eigenvalue weighted by molar-refractivity contribution is 6.35. The number of methoxy groups -OCH3 is 2. The first-order valence-electron chi connectivity index (χ1n) is 10.3. The molecule has 3 aromatic rings. The van der Waals surface area contributed by atoms with Crippen molar-refractivity contribution in [3.8, 4) is 28.5 Å². The number of aryl methyl sites for hydroxylation is 1. The third kappa shape index (κ3) is 2.58. The van der Waals surface area contributed by atoms with Crippen molar-refractivity contribution in [3.63, 3.8) is 0 Å². The molecule has 1 spiro atoms. The highest BCUT2D eigenvalue weighted by atomic mass is 35.5. The zero-order valence-corrected chi connectivity index (χ0v) is 18.9. The van der Waals surface area contributed by atoms with Gasteiger partial charge >= 0.3 is 0 Å². The largest absolute Gasteiger partial charge is 0.496 e. The van der Waals surface area contributed by atoms with Crippen LogP contribution in [-0.2, 0) is 13.5 Å². The summed E-state index contributed by atoms with van der Waals surface area (Å²) in [4.78, 5) is 13.9. The Balaban J connectivity index is 1.71. The van der Waals surface area contributed by atoms with Gasteiger partial charge in [-0.25, -0.2) is 0 Å². The average Bonchev–Trinajstić information content (AvgIpc) is 3.29. The molecular formula is C24H23ClN2O5. The van der Waals surface area contributed by atoms with Gasteiger partial charge in [-0.3, -0.25) is 9.48 Å². The van der Waals surface area contributed by atoms with Crippen LogP contribution in [0.1, 0.15) is 34.6 Å². The number of aliphatic hydroxyl groups is 1. The molecule has 1 aromatic heterocycles. The molecule has 1 unspecified atom stereocenters. The van der Waals surface area contributed by atoms with Crippen LogP contribution in [0, 0.1) is 5.92 Å². The van der Waals surface area contributed by atoms with Gasteiger partial charge in [-0.05, 0) is 6.42 Å². The first-order chi connectivity index (χ1) is 15.3. The molecule has 1 aliphatic carbocycles. The van der Waals surface area contributed by atoms with Gasteiger partial charge in [0.2, 0.25) is 11.4 Å². The number of hydrogen-bond donors (Lipinski definition) is 1. The molecule has 0 fully saturated rings. The summed E-state index contributed by atoms with van der Waals surface area (Å²) < 4.78 is 18.9. The molecular weight excluding hydrogens is 432 g/mol. The predicted molar refractivity (Wildman–Crippen MR) is 119 cm³/mol. The highest BCUT2D eigenvalue weighted by Gasteiger charge is 2.62. The van der Waals surface area contributed by atoms with E-state index in [4.69, 9.17) is 25.8 Å². The number of aromatic nitrogens is 2. The molecule has 0 bridgehead atoms. The van der Waals surface area contributed by atoms with E-state index >= 15 is 0 Å². The number of ether oxygens (including phenoxy) is 3. The van der Waals surface area contributed by atoms with E-state index < -0.39 is 11.7 Å². The van der Waals surface area contributed by atoms with Crippen molar-refractivity contribution in [3.05, 3.63) is 58.2 Å². The van der Waals surface area contributed by atoms with Gasteiger partial charge < -0.3 is 19.3 Å². The molecule has 166 valence electrons. The molecule has 0 radical (unpaired) electrons. The highest BCUT2D eigenvalue weighted by Crippen LogP contribution is 2.57. The van der Waals surface area contributed by atoms with Crippen molar-refractivity contribution < 1.29 is 24.1 Å². The summed E-state index contributed by atoms with van der Waals surface area (Å²) in [5, 5.41) is 16.6. The first-order valence-corrected chi connectivity index (χ1v) is 10.7. The lowest BCUT2D eigenvalue weighted by Gasteiger charge is -2.40. The Morgan fingerprint density at radius 2 is 1.91 bits per heavy atom. The lowest BCUT2D eigenvalue weighted by molar-refractivity contribution is -0.0634. The number of carbonyl (C=O) groups excluding carboxylic acids is 1. The van der Waals surface area contributed by atoms with Crippen molar-refractivity contribution in [2.75, 3.05) is 14.2 Å². The summed E-state index contributed by atoms with van der Waals surface area (Å²) in [6.07, 6.45) is -0.791. The lowest BCUT2D eigenvalue weighted by Crippen LogP contribution is -2.54. The van der Waals surface area contributed by atoms with E-state index in [-0.39, 0.29) is 28.0 Å². The number of halogens is 1. The maximum absolute atomic E-state index is 13.9. The molecule has 5 rings (SSSR count). The third-order valence-corrected chi connectivity index (χ3v) is 6.92. The smallest absolute Gasteiger partial charge is 0.217 e. The van der Waals surface area contributed by atoms with E-state index in [1.807, 2.05) is 44.3 Å². The zero-order valence-electron chi connectivity index (χ0n) is 18.2. The van der Waals surface area contributed by atoms with Gasteiger partial charge in [-0.15, -0.1) is 0 Å². The molecule has 0 amide bonds. The van der Waals surface area contributed by atoms with Crippen molar-refractivity contribution in [2.45, 2.75) is 25.0 Å². The third-order valence-electron chi connectivity index (χ3n) is 6.56. The van der Waals surface area contributed by atoms with E-state index in [9.17, 15) is 9.90 Å². The number of aliphatic hydroxyl groups excluding tert-OH is 1. The van der Waals surface area contributed by atoms with Crippen molar-refractivity contribution in [1.82, 2.24) is 9.78 Å². The van der Waals surface area contributed by atoms with Gasteiger partial charge in [0.15, 0.2) is 5.75 Å². The van der Waals surface area contributed by atoms with Crippen molar-refractivity contribution >= 4 is 17.4 Å². The Kier molecular flexibility index (Phi) is 4.72. The number of ketones is 1. The van der Waals surface area contributed by atoms with Crippen LogP contribution in [0.4, 0.5) is 0 Å². The van der Waals surface area contributed by atoms with Crippen LogP contribution in [0.25, 0.3) is 11.3 Å². The summed E-state index contributed by atoms with van der Waals surface area (Å²) in [7, 11) is 4.78. The fourth-order valence-electron chi connectivity index (χ4n) is 5.02. The second-order valence-corrected chi connectivity index (χ2v) is 8.61. The van der Waals surface area contributed by atoms with Gasteiger partial charge in [0, 0.05) is 30.2 Å². The van der Waals surface area contributed by atoms with Gasteiger partial charge in [0.05, 0.1) is 25.6 Å². The van der Waals surface area contributed by atoms with Crippen LogP contribution in [0.2, 0.25) is 5.02 Å². The normalized spacial score (nSPS) is 23.6. The standard InChI is InChI=1S/C24H23ClN2O5/c1-12-10-14-17(20(27(2)26-14)13-8-6-5-7-9-13)22(28)24(12)23(29)18-15(30-3)11-16(31-4)19(25)21(18)32-24/h5-9,11-12,22,28H,10H2,1-4H3/t12-,22?,24+/m1/s1. The number of rotatable bonds is 3. The Bertz CT molecular complexity index is 1240. The molecule has 0 saturated carbocycles. The minimum absolute atomic E-state index is 0.173. The topological polar surface area (TPSA) is 82.8 Å². The number of Topliss-reactive ketones (excluding diaryl/α,β-unsaturated/α-hetero) is 1. The molecule has 2 aromatic carbocycles. The Morgan fingerprint density at radius 3 is 2.56 bits per heavy atom. The summed E-state index contributed by atoms with van der Waals surface area (Å²) >= 11 is 6.52. The molecule has 1 N–H and O–H groups in total. The van der Waals surface area contributed by atoms with Crippen LogP contribution in [0.15, 0.2) is 36.4 Å². The van der Waals surface area contributed by atoms with Crippen LogP contribution >= 0.6 is 11.6 Å². The molecule has 0 saturated heterocycles. The lowest BCUT2D eigenvalue weighted by atomic mass is 9.69. The van der Waals surface area contributed by atoms with Gasteiger partial charge in [0.25, 0.3) is 0 Å². The quantitative estimate of drug-likeness (QED) is 0.644. The fourth-order valence-corrected chi connectivity index (χ4v) is 5.29. The van der Waals surface area contributed by atoms with Crippen LogP contribution < -0.4 is 14.2 Å². The van der Waals surface area contributed by atoms with Crippen LogP contribution in [-0.4, -0.2) is 40.5 Å². The van der Waals surface area contributed by atoms with Gasteiger partial charge in [0.1, 0.15) is 28.2 Å². The molecule has 32 heavy (non-hydrogen) atoms. The first kappa shape index (κ1) is 20.8. The van der Waals surface area contributed by atoms with Gasteiger partial charge in [-0.1, -0.05) is 48.9 Å². The number of fused-ring (bicyclic) bond motifs is 2. The average molecular weight is 455 g/mol. The molecule has 1 aliphatic heterocycles. The summed E-state index contributed by atoms with van der Waals surface area (Å²) in [5.41, 5.74) is 1.67. The Morgan fingerprint density at radius 1 is 1.22 bits per heavy atom. The number of benzene rings is 2. The van der Waals surface area contributed by atoms with Crippen LogP contribution in [0.5, 0.6) is 17.2 Å². The van der Waals surface area contributed by atoms with Crippen LogP contribution in [0.3, 0.4) is 0 Å². The fraction of sp³-hybridized carbons (Fsp3) is 0.333. The van der Waals surface area contributed by atoms with E-state index in [1.165, 1.54) is 14.2 Å². The predicted octanol–water partition coefficient (Wildman–Crippen LogP) is 4.00. The Labute approximate surface area is 190 Å².